The Morgan fingerprint density at radius 2 is 1.79 bits per heavy atom. The van der Waals surface area contributed by atoms with Crippen molar-refractivity contribution in [2.45, 2.75) is 25.9 Å². The van der Waals surface area contributed by atoms with Crippen molar-refractivity contribution in [3.8, 4) is 22.6 Å². The number of nitrogens with one attached hydrogen (secondary N) is 1. The minimum absolute atomic E-state index is 0.109. The number of nitrogens with zero attached hydrogens (tertiary/aromatic N) is 1. The van der Waals surface area contributed by atoms with Crippen LogP contribution in [0, 0.1) is 5.82 Å². The van der Waals surface area contributed by atoms with Crippen LogP contribution in [0.1, 0.15) is 29.5 Å². The Labute approximate surface area is 199 Å². The second-order valence-electron chi connectivity index (χ2n) is 8.46. The molecule has 0 aliphatic heterocycles. The fourth-order valence-electron chi connectivity index (χ4n) is 3.79. The number of esters is 1. The maximum Gasteiger partial charge on any atom is 0.312 e. The Bertz CT molecular complexity index is 1150. The summed E-state index contributed by atoms with van der Waals surface area (Å²) in [7, 11) is 6.81. The number of benzene rings is 3. The number of ether oxygens (including phenoxy) is 2. The zero-order chi connectivity index (χ0) is 24.8. The number of aromatic hydroxyl groups is 1. The first-order valence-corrected chi connectivity index (χ1v) is 11.0. The molecule has 3 aromatic carbocycles. The standard InChI is InChI=1S/C27H31FN2O4/c1-17(27(32)34-5)20-8-11-23(24(28)14-20)19-6-9-22(10-7-19)29-15-21-12-18(16-30(2)3)13-25(33-4)26(21)31/h6-14,17,29,31H,15-16H2,1-5H3. The summed E-state index contributed by atoms with van der Waals surface area (Å²) >= 11 is 0. The molecule has 6 nitrogen and oxygen atoms in total. The summed E-state index contributed by atoms with van der Waals surface area (Å²) in [5.74, 6) is -0.794. The highest BCUT2D eigenvalue weighted by molar-refractivity contribution is 5.78. The second kappa shape index (κ2) is 11.0. The van der Waals surface area contributed by atoms with Gasteiger partial charge < -0.3 is 24.8 Å². The summed E-state index contributed by atoms with van der Waals surface area (Å²) in [6.07, 6.45) is 0. The predicted molar refractivity (Wildman–Crippen MR) is 132 cm³/mol. The van der Waals surface area contributed by atoms with Crippen LogP contribution in [0.5, 0.6) is 11.5 Å². The molecule has 2 N–H and O–H groups in total. The molecule has 0 fully saturated rings. The highest BCUT2D eigenvalue weighted by atomic mass is 19.1. The van der Waals surface area contributed by atoms with Gasteiger partial charge in [0.05, 0.1) is 20.1 Å². The third-order valence-electron chi connectivity index (χ3n) is 5.66. The average Bonchev–Trinajstić information content (AvgIpc) is 2.83. The van der Waals surface area contributed by atoms with Crippen molar-refractivity contribution in [2.75, 3.05) is 33.6 Å². The normalized spacial score (nSPS) is 11.9. The lowest BCUT2D eigenvalue weighted by Gasteiger charge is -2.16. The molecule has 0 saturated heterocycles. The molecule has 3 aromatic rings. The molecule has 0 heterocycles. The lowest BCUT2D eigenvalue weighted by molar-refractivity contribution is -0.141. The van der Waals surface area contributed by atoms with Crippen molar-refractivity contribution in [3.05, 3.63) is 77.1 Å². The van der Waals surface area contributed by atoms with E-state index in [-0.39, 0.29) is 5.75 Å². The van der Waals surface area contributed by atoms with Crippen LogP contribution in [0.4, 0.5) is 10.1 Å². The summed E-state index contributed by atoms with van der Waals surface area (Å²) in [6, 6.07) is 15.9. The van der Waals surface area contributed by atoms with Crippen molar-refractivity contribution in [2.24, 2.45) is 0 Å². The molecule has 0 aliphatic carbocycles. The van der Waals surface area contributed by atoms with Crippen LogP contribution < -0.4 is 10.1 Å². The molecule has 0 amide bonds. The van der Waals surface area contributed by atoms with Gasteiger partial charge in [-0.3, -0.25) is 4.79 Å². The van der Waals surface area contributed by atoms with Crippen LogP contribution in [-0.2, 0) is 22.6 Å². The molecule has 0 radical (unpaired) electrons. The van der Waals surface area contributed by atoms with Crippen LogP contribution in [0.3, 0.4) is 0 Å². The van der Waals surface area contributed by atoms with Gasteiger partial charge in [-0.25, -0.2) is 4.39 Å². The molecule has 0 aliphatic rings. The second-order valence-corrected chi connectivity index (χ2v) is 8.46. The zero-order valence-corrected chi connectivity index (χ0v) is 20.2. The molecular weight excluding hydrogens is 435 g/mol. The number of carbonyl (C=O) groups is 1. The van der Waals surface area contributed by atoms with E-state index in [4.69, 9.17) is 9.47 Å². The maximum atomic E-state index is 14.8. The largest absolute Gasteiger partial charge is 0.504 e. The molecule has 0 saturated carbocycles. The van der Waals surface area contributed by atoms with Gasteiger partial charge in [0.25, 0.3) is 0 Å². The van der Waals surface area contributed by atoms with E-state index < -0.39 is 17.7 Å². The van der Waals surface area contributed by atoms with E-state index in [1.165, 1.54) is 20.3 Å². The van der Waals surface area contributed by atoms with Crippen molar-refractivity contribution in [3.63, 3.8) is 0 Å². The molecule has 3 rings (SSSR count). The van der Waals surface area contributed by atoms with Gasteiger partial charge in [-0.15, -0.1) is 0 Å². The number of rotatable bonds is 9. The van der Waals surface area contributed by atoms with Crippen molar-refractivity contribution in [1.82, 2.24) is 4.90 Å². The quantitative estimate of drug-likeness (QED) is 0.425. The highest BCUT2D eigenvalue weighted by Crippen LogP contribution is 2.33. The summed E-state index contributed by atoms with van der Waals surface area (Å²) in [6.45, 7) is 2.81. The van der Waals surface area contributed by atoms with E-state index in [0.717, 1.165) is 28.9 Å². The van der Waals surface area contributed by atoms with Gasteiger partial charge in [-0.2, -0.15) is 0 Å². The third-order valence-corrected chi connectivity index (χ3v) is 5.66. The summed E-state index contributed by atoms with van der Waals surface area (Å²) < 4.78 is 24.8. The van der Waals surface area contributed by atoms with Gasteiger partial charge in [0.1, 0.15) is 5.82 Å². The smallest absolute Gasteiger partial charge is 0.312 e. The number of phenols is 1. The summed E-state index contributed by atoms with van der Waals surface area (Å²) in [4.78, 5) is 13.8. The number of hydrogen-bond acceptors (Lipinski definition) is 6. The van der Waals surface area contributed by atoms with Crippen LogP contribution >= 0.6 is 0 Å². The van der Waals surface area contributed by atoms with Crippen molar-refractivity contribution >= 4 is 11.7 Å². The summed E-state index contributed by atoms with van der Waals surface area (Å²) in [5, 5.41) is 13.8. The SMILES string of the molecule is COC(=O)C(C)c1ccc(-c2ccc(NCc3cc(CN(C)C)cc(OC)c3O)cc2)c(F)c1. The molecule has 0 bridgehead atoms. The lowest BCUT2D eigenvalue weighted by atomic mass is 9.97. The van der Waals surface area contributed by atoms with E-state index in [9.17, 15) is 14.3 Å². The van der Waals surface area contributed by atoms with Gasteiger partial charge >= 0.3 is 5.97 Å². The van der Waals surface area contributed by atoms with Crippen LogP contribution in [-0.4, -0.2) is 44.3 Å². The number of hydrogen-bond donors (Lipinski definition) is 2. The Hall–Kier alpha value is -3.58. The topological polar surface area (TPSA) is 71.0 Å². The van der Waals surface area contributed by atoms with E-state index in [1.807, 2.05) is 55.4 Å². The Morgan fingerprint density at radius 1 is 1.09 bits per heavy atom. The van der Waals surface area contributed by atoms with Gasteiger partial charge in [0, 0.05) is 29.9 Å². The van der Waals surface area contributed by atoms with Crippen molar-refractivity contribution < 1.29 is 23.8 Å². The molecule has 0 aromatic heterocycles. The first-order valence-electron chi connectivity index (χ1n) is 11.0. The van der Waals surface area contributed by atoms with Crippen LogP contribution in [0.15, 0.2) is 54.6 Å². The first kappa shape index (κ1) is 25.1. The number of carbonyl (C=O) groups excluding carboxylic acids is 1. The molecule has 180 valence electrons. The minimum Gasteiger partial charge on any atom is -0.504 e. The predicted octanol–water partition coefficient (Wildman–Crippen LogP) is 5.16. The lowest BCUT2D eigenvalue weighted by Crippen LogP contribution is -2.11. The molecule has 34 heavy (non-hydrogen) atoms. The Balaban J connectivity index is 1.74. The first-order chi connectivity index (χ1) is 16.2. The van der Waals surface area contributed by atoms with E-state index in [0.29, 0.717) is 23.4 Å². The number of phenolic OH excluding ortho intramolecular Hbond substituents is 1. The monoisotopic (exact) mass is 466 g/mol. The molecule has 1 unspecified atom stereocenters. The van der Waals surface area contributed by atoms with Gasteiger partial charge in [-0.05, 0) is 68.0 Å². The third kappa shape index (κ3) is 5.85. The van der Waals surface area contributed by atoms with E-state index in [2.05, 4.69) is 5.32 Å². The van der Waals surface area contributed by atoms with Crippen LogP contribution in [0.2, 0.25) is 0 Å². The zero-order valence-electron chi connectivity index (χ0n) is 20.2. The van der Waals surface area contributed by atoms with Gasteiger partial charge in [0.15, 0.2) is 11.5 Å². The fraction of sp³-hybridized carbons (Fsp3) is 0.296. The molecule has 7 heteroatoms. The summed E-state index contributed by atoms with van der Waals surface area (Å²) in [5.41, 5.74) is 4.33. The number of halogens is 1. The average molecular weight is 467 g/mol. The molecular formula is C27H31FN2O4. The van der Waals surface area contributed by atoms with E-state index >= 15 is 0 Å². The Kier molecular flexibility index (Phi) is 8.12. The van der Waals surface area contributed by atoms with Crippen molar-refractivity contribution in [1.29, 1.82) is 0 Å². The molecule has 1 atom stereocenters. The fourth-order valence-corrected chi connectivity index (χ4v) is 3.79. The number of methoxy groups -OCH3 is 2. The highest BCUT2D eigenvalue weighted by Gasteiger charge is 2.17. The Morgan fingerprint density at radius 3 is 2.38 bits per heavy atom. The number of anilines is 1. The van der Waals surface area contributed by atoms with E-state index in [1.54, 1.807) is 19.1 Å². The molecule has 0 spiro atoms. The van der Waals surface area contributed by atoms with Gasteiger partial charge in [-0.1, -0.05) is 24.3 Å². The maximum absolute atomic E-state index is 14.8. The van der Waals surface area contributed by atoms with Gasteiger partial charge in [0.2, 0.25) is 0 Å². The minimum atomic E-state index is -0.536. The van der Waals surface area contributed by atoms with Crippen LogP contribution in [0.25, 0.3) is 11.1 Å².